The molecule has 1 aromatic rings. The van der Waals surface area contributed by atoms with Gasteiger partial charge in [-0.15, -0.1) is 0 Å². The molecule has 150 valence electrons. The first-order valence-corrected chi connectivity index (χ1v) is 9.75. The van der Waals surface area contributed by atoms with E-state index in [4.69, 9.17) is 4.74 Å². The zero-order valence-corrected chi connectivity index (χ0v) is 17.3. The summed E-state index contributed by atoms with van der Waals surface area (Å²) in [6.07, 6.45) is 1.98. The molecule has 27 heavy (non-hydrogen) atoms. The Kier molecular flexibility index (Phi) is 7.11. The van der Waals surface area contributed by atoms with Crippen molar-refractivity contribution in [2.75, 3.05) is 51.8 Å². The lowest BCUT2D eigenvalue weighted by Crippen LogP contribution is -2.55. The highest BCUT2D eigenvalue weighted by Gasteiger charge is 2.41. The van der Waals surface area contributed by atoms with Crippen LogP contribution < -0.4 is 9.64 Å². The minimum absolute atomic E-state index is 0.0785. The maximum Gasteiger partial charge on any atom is 0.237 e. The van der Waals surface area contributed by atoms with E-state index in [2.05, 4.69) is 11.8 Å². The molecule has 0 unspecified atom stereocenters. The van der Waals surface area contributed by atoms with Crippen LogP contribution in [0.5, 0.6) is 5.75 Å². The van der Waals surface area contributed by atoms with Crippen LogP contribution in [0.4, 0.5) is 5.69 Å². The number of methoxy groups -OCH3 is 1. The van der Waals surface area contributed by atoms with Crippen molar-refractivity contribution in [3.63, 3.8) is 0 Å². The zero-order chi connectivity index (χ0) is 20.0. The molecule has 1 fully saturated rings. The number of anilines is 1. The Hall–Kier alpha value is -2.24. The Morgan fingerprint density at radius 2 is 1.70 bits per heavy atom. The van der Waals surface area contributed by atoms with Gasteiger partial charge in [-0.2, -0.15) is 0 Å². The van der Waals surface area contributed by atoms with Crippen molar-refractivity contribution < 1.29 is 14.3 Å². The Balaban J connectivity index is 1.95. The number of hydrogen-bond acceptors (Lipinski definition) is 4. The first kappa shape index (κ1) is 21.1. The quantitative estimate of drug-likeness (QED) is 0.688. The number of unbranched alkanes of at least 4 members (excludes halogenated alkanes) is 1. The van der Waals surface area contributed by atoms with Gasteiger partial charge in [-0.05, 0) is 44.5 Å². The first-order valence-electron chi connectivity index (χ1n) is 9.75. The summed E-state index contributed by atoms with van der Waals surface area (Å²) in [6.45, 7) is 9.04. The molecule has 1 heterocycles. The van der Waals surface area contributed by atoms with Gasteiger partial charge < -0.3 is 19.4 Å². The predicted octanol–water partition coefficient (Wildman–Crippen LogP) is 2.63. The smallest absolute Gasteiger partial charge is 0.237 e. The second kappa shape index (κ2) is 9.11. The molecule has 0 N–H and O–H groups in total. The van der Waals surface area contributed by atoms with Crippen LogP contribution in [0.1, 0.15) is 33.6 Å². The second-order valence-electron chi connectivity index (χ2n) is 7.68. The first-order chi connectivity index (χ1) is 12.8. The minimum Gasteiger partial charge on any atom is -0.497 e. The normalized spacial score (nSPS) is 14.9. The van der Waals surface area contributed by atoms with E-state index in [1.165, 1.54) is 0 Å². The number of hydrogen-bond donors (Lipinski definition) is 0. The summed E-state index contributed by atoms with van der Waals surface area (Å²) >= 11 is 0. The third-order valence-electron chi connectivity index (χ3n) is 5.27. The van der Waals surface area contributed by atoms with E-state index < -0.39 is 5.41 Å². The van der Waals surface area contributed by atoms with Gasteiger partial charge in [0.25, 0.3) is 0 Å². The third-order valence-corrected chi connectivity index (χ3v) is 5.27. The predicted molar refractivity (Wildman–Crippen MR) is 108 cm³/mol. The van der Waals surface area contributed by atoms with Crippen molar-refractivity contribution in [2.24, 2.45) is 5.41 Å². The molecule has 6 heteroatoms. The molecule has 0 spiro atoms. The Bertz CT molecular complexity index is 635. The number of amides is 2. The Morgan fingerprint density at radius 3 is 2.22 bits per heavy atom. The van der Waals surface area contributed by atoms with Crippen LogP contribution >= 0.6 is 0 Å². The Labute approximate surface area is 163 Å². The summed E-state index contributed by atoms with van der Waals surface area (Å²) in [5, 5.41) is 0. The molecule has 2 amide bonds. The van der Waals surface area contributed by atoms with Crippen molar-refractivity contribution >= 4 is 17.5 Å². The average Bonchev–Trinajstić information content (AvgIpc) is 2.71. The van der Waals surface area contributed by atoms with Crippen LogP contribution in [-0.2, 0) is 9.59 Å². The van der Waals surface area contributed by atoms with Gasteiger partial charge in [0.15, 0.2) is 0 Å². The summed E-state index contributed by atoms with van der Waals surface area (Å²) in [7, 11) is 3.44. The fourth-order valence-corrected chi connectivity index (χ4v) is 3.42. The molecule has 0 aliphatic carbocycles. The van der Waals surface area contributed by atoms with E-state index in [-0.39, 0.29) is 11.8 Å². The summed E-state index contributed by atoms with van der Waals surface area (Å²) < 4.78 is 5.20. The fraction of sp³-hybridized carbons (Fsp3) is 0.619. The standard InChI is InChI=1S/C21H33N3O3/c1-6-7-12-22(4)19(25)21(2,3)20(26)24-15-13-23(14-16-24)17-8-10-18(27-5)11-9-17/h8-11H,6-7,12-16H2,1-5H3. The average molecular weight is 376 g/mol. The topological polar surface area (TPSA) is 53.1 Å². The number of carbonyl (C=O) groups is 2. The molecule has 0 radical (unpaired) electrons. The molecule has 0 saturated carbocycles. The van der Waals surface area contributed by atoms with E-state index in [1.807, 2.05) is 29.2 Å². The van der Waals surface area contributed by atoms with Crippen LogP contribution in [0.15, 0.2) is 24.3 Å². The highest BCUT2D eigenvalue weighted by molar-refractivity contribution is 6.04. The van der Waals surface area contributed by atoms with Gasteiger partial charge in [0, 0.05) is 45.5 Å². The molecule has 6 nitrogen and oxygen atoms in total. The zero-order valence-electron chi connectivity index (χ0n) is 17.3. The van der Waals surface area contributed by atoms with Crippen molar-refractivity contribution in [2.45, 2.75) is 33.6 Å². The molecular weight excluding hydrogens is 342 g/mol. The lowest BCUT2D eigenvalue weighted by atomic mass is 9.89. The van der Waals surface area contributed by atoms with Gasteiger partial charge in [0.1, 0.15) is 11.2 Å². The van der Waals surface area contributed by atoms with Gasteiger partial charge in [0.05, 0.1) is 7.11 Å². The van der Waals surface area contributed by atoms with Gasteiger partial charge in [0.2, 0.25) is 11.8 Å². The van der Waals surface area contributed by atoms with E-state index >= 15 is 0 Å². The highest BCUT2D eigenvalue weighted by Crippen LogP contribution is 2.25. The summed E-state index contributed by atoms with van der Waals surface area (Å²) in [4.78, 5) is 31.5. The number of carbonyl (C=O) groups excluding carboxylic acids is 2. The molecule has 2 rings (SSSR count). The van der Waals surface area contributed by atoms with Gasteiger partial charge in [-0.25, -0.2) is 0 Å². The van der Waals surface area contributed by atoms with Crippen LogP contribution in [-0.4, -0.2) is 68.5 Å². The highest BCUT2D eigenvalue weighted by atomic mass is 16.5. The van der Waals surface area contributed by atoms with Crippen molar-refractivity contribution in [1.29, 1.82) is 0 Å². The number of nitrogens with zero attached hydrogens (tertiary/aromatic N) is 3. The van der Waals surface area contributed by atoms with Crippen LogP contribution in [0, 0.1) is 5.41 Å². The molecule has 1 aromatic carbocycles. The lowest BCUT2D eigenvalue weighted by Gasteiger charge is -2.39. The van der Waals surface area contributed by atoms with E-state index in [9.17, 15) is 9.59 Å². The van der Waals surface area contributed by atoms with Crippen LogP contribution in [0.2, 0.25) is 0 Å². The van der Waals surface area contributed by atoms with E-state index in [0.29, 0.717) is 19.6 Å². The SMILES string of the molecule is CCCCN(C)C(=O)C(C)(C)C(=O)N1CCN(c2ccc(OC)cc2)CC1. The fourth-order valence-electron chi connectivity index (χ4n) is 3.42. The van der Waals surface area contributed by atoms with Crippen molar-refractivity contribution in [3.8, 4) is 5.75 Å². The number of rotatable bonds is 7. The maximum absolute atomic E-state index is 13.0. The molecule has 1 saturated heterocycles. The summed E-state index contributed by atoms with van der Waals surface area (Å²) in [6, 6.07) is 7.96. The Morgan fingerprint density at radius 1 is 1.11 bits per heavy atom. The lowest BCUT2D eigenvalue weighted by molar-refractivity contribution is -0.153. The van der Waals surface area contributed by atoms with Crippen LogP contribution in [0.3, 0.4) is 0 Å². The number of benzene rings is 1. The summed E-state index contributed by atoms with van der Waals surface area (Å²) in [5.74, 6) is 0.656. The van der Waals surface area contributed by atoms with Gasteiger partial charge >= 0.3 is 0 Å². The summed E-state index contributed by atoms with van der Waals surface area (Å²) in [5.41, 5.74) is 0.0997. The molecule has 0 aromatic heterocycles. The minimum atomic E-state index is -1.02. The van der Waals surface area contributed by atoms with Crippen molar-refractivity contribution in [3.05, 3.63) is 24.3 Å². The monoisotopic (exact) mass is 375 g/mol. The van der Waals surface area contributed by atoms with Crippen LogP contribution in [0.25, 0.3) is 0 Å². The molecule has 0 bridgehead atoms. The van der Waals surface area contributed by atoms with Gasteiger partial charge in [-0.3, -0.25) is 9.59 Å². The number of piperazine rings is 1. The third kappa shape index (κ3) is 4.93. The van der Waals surface area contributed by atoms with Crippen molar-refractivity contribution in [1.82, 2.24) is 9.80 Å². The maximum atomic E-state index is 13.0. The van der Waals surface area contributed by atoms with Gasteiger partial charge in [-0.1, -0.05) is 13.3 Å². The second-order valence-corrected chi connectivity index (χ2v) is 7.68. The molecule has 1 aliphatic heterocycles. The van der Waals surface area contributed by atoms with E-state index in [0.717, 1.165) is 37.4 Å². The molecular formula is C21H33N3O3. The molecule has 0 atom stereocenters. The largest absolute Gasteiger partial charge is 0.497 e. The van der Waals surface area contributed by atoms with E-state index in [1.54, 1.807) is 32.9 Å². The number of ether oxygens (including phenoxy) is 1. The molecule has 1 aliphatic rings.